The minimum Gasteiger partial charge on any atom is -0.339 e. The van der Waals surface area contributed by atoms with E-state index < -0.39 is 5.82 Å². The molecule has 1 heterocycles. The van der Waals surface area contributed by atoms with E-state index in [0.717, 1.165) is 37.9 Å². The van der Waals surface area contributed by atoms with Gasteiger partial charge in [-0.15, -0.1) is 0 Å². The van der Waals surface area contributed by atoms with Crippen molar-refractivity contribution in [2.24, 2.45) is 5.41 Å². The summed E-state index contributed by atoms with van der Waals surface area (Å²) < 4.78 is 13.8. The third-order valence-corrected chi connectivity index (χ3v) is 3.98. The van der Waals surface area contributed by atoms with E-state index >= 15 is 0 Å². The molecular formula is C16H22FNO. The number of halogens is 1. The van der Waals surface area contributed by atoms with E-state index in [1.807, 2.05) is 6.92 Å². The van der Waals surface area contributed by atoms with Gasteiger partial charge in [-0.3, -0.25) is 4.79 Å². The second-order valence-electron chi connectivity index (χ2n) is 6.29. The fourth-order valence-corrected chi connectivity index (χ4v) is 2.60. The Hall–Kier alpha value is -1.38. The van der Waals surface area contributed by atoms with Crippen LogP contribution in [0.1, 0.15) is 49.0 Å². The minimum absolute atomic E-state index is 0.168. The number of likely N-dealkylation sites (tertiary alicyclic amines) is 1. The van der Waals surface area contributed by atoms with E-state index in [1.54, 1.807) is 17.0 Å². The molecule has 0 aromatic heterocycles. The van der Waals surface area contributed by atoms with E-state index in [0.29, 0.717) is 0 Å². The molecule has 1 amide bonds. The highest BCUT2D eigenvalue weighted by Crippen LogP contribution is 2.30. The van der Waals surface area contributed by atoms with E-state index in [-0.39, 0.29) is 16.9 Å². The summed E-state index contributed by atoms with van der Waals surface area (Å²) in [6, 6.07) is 4.72. The zero-order valence-corrected chi connectivity index (χ0v) is 12.0. The molecule has 1 aromatic carbocycles. The number of carbonyl (C=O) groups excluding carboxylic acids is 1. The van der Waals surface area contributed by atoms with Crippen molar-refractivity contribution in [2.45, 2.75) is 40.0 Å². The van der Waals surface area contributed by atoms with E-state index in [1.165, 1.54) is 6.07 Å². The van der Waals surface area contributed by atoms with Crippen LogP contribution in [0.3, 0.4) is 0 Å². The maximum atomic E-state index is 13.8. The lowest BCUT2D eigenvalue weighted by Gasteiger charge is -2.23. The SMILES string of the molecule is Cc1ccc(F)c(C(=O)N2CCCC(C)(C)CC2)c1. The van der Waals surface area contributed by atoms with E-state index in [9.17, 15) is 9.18 Å². The summed E-state index contributed by atoms with van der Waals surface area (Å²) in [6.45, 7) is 7.79. The molecule has 1 aromatic rings. The first-order chi connectivity index (χ1) is 8.89. The minimum atomic E-state index is -0.417. The zero-order chi connectivity index (χ0) is 14.0. The van der Waals surface area contributed by atoms with E-state index in [4.69, 9.17) is 0 Å². The molecule has 1 aliphatic rings. The molecule has 1 fully saturated rings. The van der Waals surface area contributed by atoms with Crippen molar-refractivity contribution in [3.63, 3.8) is 0 Å². The fraction of sp³-hybridized carbons (Fsp3) is 0.562. The number of carbonyl (C=O) groups is 1. The van der Waals surface area contributed by atoms with Crippen LogP contribution in [0.2, 0.25) is 0 Å². The standard InChI is InChI=1S/C16H22FNO/c1-12-5-6-14(17)13(11-12)15(19)18-9-4-7-16(2,3)8-10-18/h5-6,11H,4,7-10H2,1-3H3. The Balaban J connectivity index is 2.17. The van der Waals surface area contributed by atoms with Gasteiger partial charge in [0.25, 0.3) is 5.91 Å². The fourth-order valence-electron chi connectivity index (χ4n) is 2.60. The van der Waals surface area contributed by atoms with Gasteiger partial charge in [-0.2, -0.15) is 0 Å². The Kier molecular flexibility index (Phi) is 3.93. The molecular weight excluding hydrogens is 241 g/mol. The maximum absolute atomic E-state index is 13.8. The lowest BCUT2D eigenvalue weighted by molar-refractivity contribution is 0.0752. The van der Waals surface area contributed by atoms with Crippen molar-refractivity contribution in [2.75, 3.05) is 13.1 Å². The van der Waals surface area contributed by atoms with Crippen molar-refractivity contribution in [1.29, 1.82) is 0 Å². The van der Waals surface area contributed by atoms with Gasteiger partial charge in [-0.05, 0) is 43.7 Å². The normalized spacial score (nSPS) is 19.1. The van der Waals surface area contributed by atoms with Crippen molar-refractivity contribution < 1.29 is 9.18 Å². The van der Waals surface area contributed by atoms with Gasteiger partial charge in [-0.1, -0.05) is 25.5 Å². The van der Waals surface area contributed by atoms with Crippen LogP contribution < -0.4 is 0 Å². The zero-order valence-electron chi connectivity index (χ0n) is 12.0. The number of nitrogens with zero attached hydrogens (tertiary/aromatic N) is 1. The lowest BCUT2D eigenvalue weighted by Crippen LogP contribution is -2.33. The highest BCUT2D eigenvalue weighted by Gasteiger charge is 2.26. The summed E-state index contributed by atoms with van der Waals surface area (Å²) in [5.41, 5.74) is 1.40. The molecule has 3 heteroatoms. The summed E-state index contributed by atoms with van der Waals surface area (Å²) >= 11 is 0. The highest BCUT2D eigenvalue weighted by atomic mass is 19.1. The van der Waals surface area contributed by atoms with Gasteiger partial charge in [0.1, 0.15) is 5.82 Å². The Morgan fingerprint density at radius 2 is 2.00 bits per heavy atom. The number of aryl methyl sites for hydroxylation is 1. The monoisotopic (exact) mass is 263 g/mol. The molecule has 0 atom stereocenters. The molecule has 0 radical (unpaired) electrons. The summed E-state index contributed by atoms with van der Waals surface area (Å²) in [4.78, 5) is 14.2. The van der Waals surface area contributed by atoms with Gasteiger partial charge in [0.05, 0.1) is 5.56 Å². The van der Waals surface area contributed by atoms with Crippen molar-refractivity contribution in [3.8, 4) is 0 Å². The molecule has 0 N–H and O–H groups in total. The van der Waals surface area contributed by atoms with Crippen LogP contribution in [0.25, 0.3) is 0 Å². The maximum Gasteiger partial charge on any atom is 0.256 e. The second kappa shape index (κ2) is 5.32. The molecule has 104 valence electrons. The van der Waals surface area contributed by atoms with Crippen LogP contribution in [-0.4, -0.2) is 23.9 Å². The van der Waals surface area contributed by atoms with Crippen molar-refractivity contribution in [1.82, 2.24) is 4.90 Å². The predicted octanol–water partition coefficient (Wildman–Crippen LogP) is 3.79. The molecule has 1 saturated heterocycles. The topological polar surface area (TPSA) is 20.3 Å². The Bertz CT molecular complexity index is 482. The third kappa shape index (κ3) is 3.34. The quantitative estimate of drug-likeness (QED) is 0.755. The first-order valence-electron chi connectivity index (χ1n) is 6.94. The van der Waals surface area contributed by atoms with Gasteiger partial charge in [-0.25, -0.2) is 4.39 Å². The second-order valence-corrected chi connectivity index (χ2v) is 6.29. The van der Waals surface area contributed by atoms with Crippen molar-refractivity contribution in [3.05, 3.63) is 35.1 Å². The predicted molar refractivity (Wildman–Crippen MR) is 74.7 cm³/mol. The Labute approximate surface area is 114 Å². The molecule has 0 spiro atoms. The third-order valence-electron chi connectivity index (χ3n) is 3.98. The molecule has 2 rings (SSSR count). The highest BCUT2D eigenvalue weighted by molar-refractivity contribution is 5.94. The molecule has 0 aliphatic carbocycles. The summed E-state index contributed by atoms with van der Waals surface area (Å²) in [5, 5.41) is 0. The Morgan fingerprint density at radius 3 is 2.74 bits per heavy atom. The van der Waals surface area contributed by atoms with Crippen LogP contribution in [0, 0.1) is 18.2 Å². The van der Waals surface area contributed by atoms with Crippen LogP contribution in [0.15, 0.2) is 18.2 Å². The number of hydrogen-bond acceptors (Lipinski definition) is 1. The molecule has 0 unspecified atom stereocenters. The number of hydrogen-bond donors (Lipinski definition) is 0. The van der Waals surface area contributed by atoms with Gasteiger partial charge in [0.15, 0.2) is 0 Å². The van der Waals surface area contributed by atoms with Gasteiger partial charge < -0.3 is 4.90 Å². The summed E-state index contributed by atoms with van der Waals surface area (Å²) in [6.07, 6.45) is 3.09. The summed E-state index contributed by atoms with van der Waals surface area (Å²) in [5.74, 6) is -0.585. The first kappa shape index (κ1) is 14.0. The Morgan fingerprint density at radius 1 is 1.26 bits per heavy atom. The van der Waals surface area contributed by atoms with Crippen LogP contribution in [-0.2, 0) is 0 Å². The number of amides is 1. The van der Waals surface area contributed by atoms with Crippen LogP contribution in [0.5, 0.6) is 0 Å². The lowest BCUT2D eigenvalue weighted by atomic mass is 9.85. The smallest absolute Gasteiger partial charge is 0.256 e. The molecule has 19 heavy (non-hydrogen) atoms. The molecule has 0 bridgehead atoms. The van der Waals surface area contributed by atoms with Gasteiger partial charge in [0.2, 0.25) is 0 Å². The number of rotatable bonds is 1. The molecule has 0 saturated carbocycles. The molecule has 2 nitrogen and oxygen atoms in total. The average molecular weight is 263 g/mol. The summed E-state index contributed by atoms with van der Waals surface area (Å²) in [7, 11) is 0. The average Bonchev–Trinajstić information content (AvgIpc) is 2.52. The van der Waals surface area contributed by atoms with Gasteiger partial charge in [0, 0.05) is 13.1 Å². The van der Waals surface area contributed by atoms with E-state index in [2.05, 4.69) is 13.8 Å². The van der Waals surface area contributed by atoms with Gasteiger partial charge >= 0.3 is 0 Å². The largest absolute Gasteiger partial charge is 0.339 e. The van der Waals surface area contributed by atoms with Crippen LogP contribution in [0.4, 0.5) is 4.39 Å². The van der Waals surface area contributed by atoms with Crippen molar-refractivity contribution >= 4 is 5.91 Å². The number of benzene rings is 1. The first-order valence-corrected chi connectivity index (χ1v) is 6.94. The van der Waals surface area contributed by atoms with Crippen LogP contribution >= 0.6 is 0 Å². The molecule has 1 aliphatic heterocycles.